The van der Waals surface area contributed by atoms with Gasteiger partial charge in [-0.1, -0.05) is 36.4 Å². The molecule has 0 saturated carbocycles. The third-order valence-electron chi connectivity index (χ3n) is 4.64. The summed E-state index contributed by atoms with van der Waals surface area (Å²) < 4.78 is 31.4. The van der Waals surface area contributed by atoms with E-state index in [9.17, 15) is 13.2 Å². The van der Waals surface area contributed by atoms with Gasteiger partial charge in [0.2, 0.25) is 0 Å². The fraction of sp³-hybridized carbons (Fsp3) is 0.217. The normalized spacial score (nSPS) is 11.7. The van der Waals surface area contributed by atoms with Gasteiger partial charge in [-0.25, -0.2) is 17.9 Å². The minimum atomic E-state index is -3.37. The second kappa shape index (κ2) is 9.54. The molecule has 0 unspecified atom stereocenters. The maximum absolute atomic E-state index is 12.2. The molecular weight excluding hydrogens is 400 g/mol. The zero-order chi connectivity index (χ0) is 21.6. The summed E-state index contributed by atoms with van der Waals surface area (Å²) in [5.74, 6) is -0.589. The third kappa shape index (κ3) is 5.24. The standard InChI is InChI=1S/C23H24N2O4S/c1-18-22(19(2)25(24-18)20-10-5-3-6-11-20)14-15-23(26)29-16-9-17-30(27,28)21-12-7-4-8-13-21/h3-8,10-15H,9,16-17H2,1-2H3. The monoisotopic (exact) mass is 424 g/mol. The van der Waals surface area contributed by atoms with Crippen LogP contribution in [0.2, 0.25) is 0 Å². The van der Waals surface area contributed by atoms with E-state index in [1.807, 2.05) is 48.9 Å². The quantitative estimate of drug-likeness (QED) is 0.311. The molecule has 0 amide bonds. The van der Waals surface area contributed by atoms with Gasteiger partial charge in [-0.3, -0.25) is 0 Å². The van der Waals surface area contributed by atoms with Gasteiger partial charge in [0.15, 0.2) is 9.84 Å². The fourth-order valence-electron chi connectivity index (χ4n) is 3.08. The average Bonchev–Trinajstić information content (AvgIpc) is 3.04. The van der Waals surface area contributed by atoms with E-state index in [4.69, 9.17) is 4.74 Å². The van der Waals surface area contributed by atoms with E-state index in [0.29, 0.717) is 0 Å². The summed E-state index contributed by atoms with van der Waals surface area (Å²) in [6, 6.07) is 18.0. The summed E-state index contributed by atoms with van der Waals surface area (Å²) >= 11 is 0. The fourth-order valence-corrected chi connectivity index (χ4v) is 4.39. The minimum absolute atomic E-state index is 0.0382. The Morgan fingerprint density at radius 3 is 2.33 bits per heavy atom. The van der Waals surface area contributed by atoms with Gasteiger partial charge in [0.25, 0.3) is 0 Å². The van der Waals surface area contributed by atoms with Gasteiger partial charge in [-0.2, -0.15) is 5.10 Å². The van der Waals surface area contributed by atoms with Crippen LogP contribution < -0.4 is 0 Å². The number of rotatable bonds is 8. The van der Waals surface area contributed by atoms with E-state index in [1.165, 1.54) is 6.08 Å². The Morgan fingerprint density at radius 2 is 1.67 bits per heavy atom. The number of aromatic nitrogens is 2. The first-order valence-corrected chi connectivity index (χ1v) is 11.3. The van der Waals surface area contributed by atoms with E-state index in [1.54, 1.807) is 36.4 Å². The lowest BCUT2D eigenvalue weighted by atomic mass is 10.2. The van der Waals surface area contributed by atoms with Crippen LogP contribution in [0.15, 0.2) is 71.6 Å². The molecule has 0 spiro atoms. The second-order valence-corrected chi connectivity index (χ2v) is 8.93. The number of para-hydroxylation sites is 1. The number of carbonyl (C=O) groups is 1. The first kappa shape index (κ1) is 21.5. The number of aryl methyl sites for hydroxylation is 1. The van der Waals surface area contributed by atoms with Gasteiger partial charge in [-0.15, -0.1) is 0 Å². The zero-order valence-corrected chi connectivity index (χ0v) is 17.8. The SMILES string of the molecule is Cc1nn(-c2ccccc2)c(C)c1C=CC(=O)OCCCS(=O)(=O)c1ccccc1. The predicted octanol–water partition coefficient (Wildman–Crippen LogP) is 3.91. The van der Waals surface area contributed by atoms with Gasteiger partial charge in [0, 0.05) is 17.3 Å². The van der Waals surface area contributed by atoms with Crippen molar-refractivity contribution in [2.24, 2.45) is 0 Å². The van der Waals surface area contributed by atoms with Crippen molar-refractivity contribution in [3.8, 4) is 5.69 Å². The van der Waals surface area contributed by atoms with Crippen molar-refractivity contribution < 1.29 is 17.9 Å². The molecule has 3 aromatic rings. The zero-order valence-electron chi connectivity index (χ0n) is 17.0. The number of ether oxygens (including phenoxy) is 1. The maximum Gasteiger partial charge on any atom is 0.330 e. The van der Waals surface area contributed by atoms with Gasteiger partial charge >= 0.3 is 5.97 Å². The van der Waals surface area contributed by atoms with Gasteiger partial charge < -0.3 is 4.74 Å². The molecule has 7 heteroatoms. The number of nitrogens with zero attached hydrogens (tertiary/aromatic N) is 2. The van der Waals surface area contributed by atoms with Crippen LogP contribution >= 0.6 is 0 Å². The molecule has 0 aliphatic rings. The molecule has 0 aliphatic carbocycles. The molecule has 0 aliphatic heterocycles. The number of benzene rings is 2. The van der Waals surface area contributed by atoms with Crippen LogP contribution in [0.3, 0.4) is 0 Å². The van der Waals surface area contributed by atoms with Crippen molar-refractivity contribution in [1.82, 2.24) is 9.78 Å². The highest BCUT2D eigenvalue weighted by Gasteiger charge is 2.14. The summed E-state index contributed by atoms with van der Waals surface area (Å²) in [6.45, 7) is 3.86. The topological polar surface area (TPSA) is 78.3 Å². The van der Waals surface area contributed by atoms with Crippen LogP contribution in [0.4, 0.5) is 0 Å². The van der Waals surface area contributed by atoms with E-state index >= 15 is 0 Å². The lowest BCUT2D eigenvalue weighted by molar-refractivity contribution is -0.137. The summed E-state index contributed by atoms with van der Waals surface area (Å²) in [6.07, 6.45) is 3.26. The molecule has 0 saturated heterocycles. The highest BCUT2D eigenvalue weighted by molar-refractivity contribution is 7.91. The molecule has 6 nitrogen and oxygen atoms in total. The van der Waals surface area contributed by atoms with Crippen molar-refractivity contribution >= 4 is 21.9 Å². The molecule has 1 heterocycles. The molecule has 156 valence electrons. The van der Waals surface area contributed by atoms with Crippen LogP contribution in [0.1, 0.15) is 23.4 Å². The predicted molar refractivity (Wildman–Crippen MR) is 116 cm³/mol. The van der Waals surface area contributed by atoms with Crippen molar-refractivity contribution in [3.05, 3.63) is 83.7 Å². The highest BCUT2D eigenvalue weighted by Crippen LogP contribution is 2.19. The number of carbonyl (C=O) groups excluding carboxylic acids is 1. The maximum atomic E-state index is 12.2. The highest BCUT2D eigenvalue weighted by atomic mass is 32.2. The van der Waals surface area contributed by atoms with Gasteiger partial charge in [0.05, 0.1) is 28.6 Å². The molecule has 1 aromatic heterocycles. The van der Waals surface area contributed by atoms with E-state index in [2.05, 4.69) is 5.10 Å². The molecule has 0 fully saturated rings. The average molecular weight is 425 g/mol. The van der Waals surface area contributed by atoms with Crippen LogP contribution in [0.25, 0.3) is 11.8 Å². The molecule has 0 bridgehead atoms. The van der Waals surface area contributed by atoms with Crippen molar-refractivity contribution in [2.75, 3.05) is 12.4 Å². The lowest BCUT2D eigenvalue weighted by Crippen LogP contribution is -2.11. The number of esters is 1. The molecule has 3 rings (SSSR count). The number of hydrogen-bond acceptors (Lipinski definition) is 5. The first-order chi connectivity index (χ1) is 14.4. The first-order valence-electron chi connectivity index (χ1n) is 9.63. The number of hydrogen-bond donors (Lipinski definition) is 0. The summed E-state index contributed by atoms with van der Waals surface area (Å²) in [7, 11) is -3.37. The summed E-state index contributed by atoms with van der Waals surface area (Å²) in [5.41, 5.74) is 3.51. The van der Waals surface area contributed by atoms with E-state index < -0.39 is 15.8 Å². The van der Waals surface area contributed by atoms with Crippen molar-refractivity contribution in [2.45, 2.75) is 25.2 Å². The van der Waals surface area contributed by atoms with Crippen molar-refractivity contribution in [3.63, 3.8) is 0 Å². The van der Waals surface area contributed by atoms with Crippen LogP contribution in [-0.4, -0.2) is 36.5 Å². The molecule has 2 aromatic carbocycles. The molecule has 30 heavy (non-hydrogen) atoms. The van der Waals surface area contributed by atoms with Crippen LogP contribution in [0.5, 0.6) is 0 Å². The van der Waals surface area contributed by atoms with Crippen LogP contribution in [-0.2, 0) is 19.4 Å². The van der Waals surface area contributed by atoms with E-state index in [0.717, 1.165) is 22.6 Å². The minimum Gasteiger partial charge on any atom is -0.462 e. The van der Waals surface area contributed by atoms with Crippen molar-refractivity contribution in [1.29, 1.82) is 0 Å². The van der Waals surface area contributed by atoms with Gasteiger partial charge in [0.1, 0.15) is 0 Å². The largest absolute Gasteiger partial charge is 0.462 e. The molecule has 0 N–H and O–H groups in total. The lowest BCUT2D eigenvalue weighted by Gasteiger charge is -2.05. The Balaban J connectivity index is 1.55. The summed E-state index contributed by atoms with van der Waals surface area (Å²) in [4.78, 5) is 12.3. The van der Waals surface area contributed by atoms with Gasteiger partial charge in [-0.05, 0) is 50.6 Å². The molecular formula is C23H24N2O4S. The Morgan fingerprint density at radius 1 is 1.03 bits per heavy atom. The molecule has 0 atom stereocenters. The summed E-state index contributed by atoms with van der Waals surface area (Å²) in [5, 5.41) is 4.54. The third-order valence-corrected chi connectivity index (χ3v) is 6.45. The smallest absolute Gasteiger partial charge is 0.330 e. The Kier molecular flexibility index (Phi) is 6.84. The second-order valence-electron chi connectivity index (χ2n) is 6.82. The number of sulfone groups is 1. The Hall–Kier alpha value is -3.19. The Bertz CT molecular complexity index is 1130. The Labute approximate surface area is 176 Å². The van der Waals surface area contributed by atoms with Crippen LogP contribution in [0, 0.1) is 13.8 Å². The van der Waals surface area contributed by atoms with E-state index in [-0.39, 0.29) is 23.7 Å². The molecule has 0 radical (unpaired) electrons.